The monoisotopic (exact) mass is 302 g/mol. The summed E-state index contributed by atoms with van der Waals surface area (Å²) in [6, 6.07) is 5.13. The minimum atomic E-state index is -3.44. The SMILES string of the molecule is CC(C)(O)C1=CS(=O)(=O)c2c(Br)cccc21. The summed E-state index contributed by atoms with van der Waals surface area (Å²) in [7, 11) is -3.44. The molecule has 0 aromatic heterocycles. The van der Waals surface area contributed by atoms with Crippen molar-refractivity contribution in [1.82, 2.24) is 0 Å². The van der Waals surface area contributed by atoms with E-state index in [4.69, 9.17) is 0 Å². The van der Waals surface area contributed by atoms with Crippen molar-refractivity contribution in [3.05, 3.63) is 33.6 Å². The number of halogens is 1. The van der Waals surface area contributed by atoms with Gasteiger partial charge in [0, 0.05) is 21.0 Å². The lowest BCUT2D eigenvalue weighted by molar-refractivity contribution is 0.144. The topological polar surface area (TPSA) is 54.4 Å². The van der Waals surface area contributed by atoms with E-state index < -0.39 is 15.4 Å². The molecule has 1 heterocycles. The number of benzene rings is 1. The van der Waals surface area contributed by atoms with Crippen molar-refractivity contribution >= 4 is 31.3 Å². The smallest absolute Gasteiger partial charge is 0.201 e. The van der Waals surface area contributed by atoms with Gasteiger partial charge >= 0.3 is 0 Å². The van der Waals surface area contributed by atoms with Crippen molar-refractivity contribution < 1.29 is 13.5 Å². The van der Waals surface area contributed by atoms with E-state index in [2.05, 4.69) is 15.9 Å². The van der Waals surface area contributed by atoms with Crippen LogP contribution in [0.25, 0.3) is 5.57 Å². The fraction of sp³-hybridized carbons (Fsp3) is 0.273. The highest BCUT2D eigenvalue weighted by atomic mass is 79.9. The van der Waals surface area contributed by atoms with Gasteiger partial charge in [0.1, 0.15) is 0 Å². The Morgan fingerprint density at radius 2 is 1.94 bits per heavy atom. The highest BCUT2D eigenvalue weighted by Gasteiger charge is 2.35. The molecule has 1 aromatic rings. The third-order valence-electron chi connectivity index (χ3n) is 2.47. The first-order chi connectivity index (χ1) is 7.23. The summed E-state index contributed by atoms with van der Waals surface area (Å²) in [4.78, 5) is 0.243. The Morgan fingerprint density at radius 1 is 1.31 bits per heavy atom. The van der Waals surface area contributed by atoms with Crippen LogP contribution in [0.4, 0.5) is 0 Å². The summed E-state index contributed by atoms with van der Waals surface area (Å²) >= 11 is 3.22. The number of hydrogen-bond donors (Lipinski definition) is 1. The van der Waals surface area contributed by atoms with Gasteiger partial charge in [0.25, 0.3) is 0 Å². The molecule has 0 unspecified atom stereocenters. The maximum atomic E-state index is 11.9. The number of sulfone groups is 1. The summed E-state index contributed by atoms with van der Waals surface area (Å²) in [6.45, 7) is 3.15. The number of hydrogen-bond acceptors (Lipinski definition) is 3. The molecule has 0 amide bonds. The van der Waals surface area contributed by atoms with Crippen molar-refractivity contribution in [2.75, 3.05) is 0 Å². The van der Waals surface area contributed by atoms with Crippen LogP contribution in [0.15, 0.2) is 33.0 Å². The third-order valence-corrected chi connectivity index (χ3v) is 4.95. The van der Waals surface area contributed by atoms with Crippen molar-refractivity contribution in [2.24, 2.45) is 0 Å². The summed E-state index contributed by atoms with van der Waals surface area (Å²) in [5.74, 6) is 0. The van der Waals surface area contributed by atoms with Crippen molar-refractivity contribution in [1.29, 1.82) is 0 Å². The molecular weight excluding hydrogens is 292 g/mol. The van der Waals surface area contributed by atoms with Crippen LogP contribution in [0.2, 0.25) is 0 Å². The molecule has 0 saturated carbocycles. The highest BCUT2D eigenvalue weighted by Crippen LogP contribution is 2.42. The zero-order valence-corrected chi connectivity index (χ0v) is 11.3. The van der Waals surface area contributed by atoms with E-state index >= 15 is 0 Å². The lowest BCUT2D eigenvalue weighted by atomic mass is 9.93. The molecule has 16 heavy (non-hydrogen) atoms. The van der Waals surface area contributed by atoms with Gasteiger partial charge in [-0.25, -0.2) is 8.42 Å². The van der Waals surface area contributed by atoms with E-state index in [-0.39, 0.29) is 4.90 Å². The van der Waals surface area contributed by atoms with Gasteiger partial charge in [-0.05, 0) is 35.8 Å². The van der Waals surface area contributed by atoms with Crippen LogP contribution in [0, 0.1) is 0 Å². The van der Waals surface area contributed by atoms with Crippen LogP contribution >= 0.6 is 15.9 Å². The number of fused-ring (bicyclic) bond motifs is 1. The molecule has 3 nitrogen and oxygen atoms in total. The van der Waals surface area contributed by atoms with Crippen molar-refractivity contribution in [2.45, 2.75) is 24.3 Å². The van der Waals surface area contributed by atoms with Gasteiger partial charge in [0.2, 0.25) is 9.84 Å². The summed E-state index contributed by atoms with van der Waals surface area (Å²) in [5, 5.41) is 11.1. The molecule has 5 heteroatoms. The molecule has 0 spiro atoms. The van der Waals surface area contributed by atoms with Gasteiger partial charge < -0.3 is 5.11 Å². The first kappa shape index (κ1) is 11.8. The largest absolute Gasteiger partial charge is 0.386 e. The molecule has 0 saturated heterocycles. The van der Waals surface area contributed by atoms with Gasteiger partial charge in [-0.3, -0.25) is 0 Å². The average molecular weight is 303 g/mol. The van der Waals surface area contributed by atoms with Gasteiger partial charge in [-0.1, -0.05) is 12.1 Å². The standard InChI is InChI=1S/C11H11BrO3S/c1-11(2,13)8-6-16(14,15)10-7(8)4-3-5-9(10)12/h3-6,13H,1-2H3. The van der Waals surface area contributed by atoms with Crippen LogP contribution in [0.5, 0.6) is 0 Å². The first-order valence-corrected chi connectivity index (χ1v) is 7.06. The van der Waals surface area contributed by atoms with E-state index in [0.717, 1.165) is 5.41 Å². The minimum Gasteiger partial charge on any atom is -0.386 e. The minimum absolute atomic E-state index is 0.243. The summed E-state index contributed by atoms with van der Waals surface area (Å²) < 4.78 is 24.4. The molecule has 0 radical (unpaired) electrons. The predicted molar refractivity (Wildman–Crippen MR) is 65.6 cm³/mol. The van der Waals surface area contributed by atoms with E-state index in [1.165, 1.54) is 0 Å². The Balaban J connectivity index is 2.81. The summed E-state index contributed by atoms with van der Waals surface area (Å²) in [6.07, 6.45) is 0. The number of aliphatic hydroxyl groups is 1. The first-order valence-electron chi connectivity index (χ1n) is 4.72. The molecule has 1 aliphatic rings. The van der Waals surface area contributed by atoms with Crippen LogP contribution in [-0.2, 0) is 9.84 Å². The average Bonchev–Trinajstić information content (AvgIpc) is 2.39. The third kappa shape index (κ3) is 1.73. The van der Waals surface area contributed by atoms with Crippen molar-refractivity contribution in [3.8, 4) is 0 Å². The molecule has 0 aliphatic carbocycles. The molecule has 86 valence electrons. The Morgan fingerprint density at radius 3 is 2.50 bits per heavy atom. The molecule has 0 bridgehead atoms. The second kappa shape index (κ2) is 3.42. The second-order valence-electron chi connectivity index (χ2n) is 4.25. The molecule has 0 fully saturated rings. The maximum absolute atomic E-state index is 11.9. The molecule has 1 aliphatic heterocycles. The molecule has 1 N–H and O–H groups in total. The Bertz CT molecular complexity index is 580. The Hall–Kier alpha value is -0.650. The van der Waals surface area contributed by atoms with Crippen LogP contribution in [0.1, 0.15) is 19.4 Å². The van der Waals surface area contributed by atoms with Crippen molar-refractivity contribution in [3.63, 3.8) is 0 Å². The van der Waals surface area contributed by atoms with E-state index in [0.29, 0.717) is 15.6 Å². The maximum Gasteiger partial charge on any atom is 0.201 e. The fourth-order valence-electron chi connectivity index (χ4n) is 1.76. The number of rotatable bonds is 1. The molecular formula is C11H11BrO3S. The van der Waals surface area contributed by atoms with Crippen LogP contribution in [-0.4, -0.2) is 19.1 Å². The fourth-order valence-corrected chi connectivity index (χ4v) is 4.47. The van der Waals surface area contributed by atoms with E-state index in [1.807, 2.05) is 0 Å². The lowest BCUT2D eigenvalue weighted by Gasteiger charge is -2.19. The Kier molecular flexibility index (Phi) is 2.53. The van der Waals surface area contributed by atoms with E-state index in [9.17, 15) is 13.5 Å². The second-order valence-corrected chi connectivity index (χ2v) is 6.84. The normalized spacial score (nSPS) is 18.1. The van der Waals surface area contributed by atoms with Gasteiger partial charge in [0.15, 0.2) is 0 Å². The lowest BCUT2D eigenvalue weighted by Crippen LogP contribution is -2.19. The van der Waals surface area contributed by atoms with E-state index in [1.54, 1.807) is 32.0 Å². The zero-order valence-electron chi connectivity index (χ0n) is 8.86. The molecule has 1 aromatic carbocycles. The molecule has 2 rings (SSSR count). The Labute approximate surface area is 103 Å². The van der Waals surface area contributed by atoms with Crippen LogP contribution in [0.3, 0.4) is 0 Å². The summed E-state index contributed by atoms with van der Waals surface area (Å²) in [5.41, 5.74) is -0.162. The zero-order chi connectivity index (χ0) is 12.1. The van der Waals surface area contributed by atoms with Crippen LogP contribution < -0.4 is 0 Å². The van der Waals surface area contributed by atoms with Gasteiger partial charge in [-0.15, -0.1) is 0 Å². The highest BCUT2D eigenvalue weighted by molar-refractivity contribution is 9.10. The van der Waals surface area contributed by atoms with Gasteiger partial charge in [0.05, 0.1) is 10.5 Å². The quantitative estimate of drug-likeness (QED) is 0.866. The predicted octanol–water partition coefficient (Wildman–Crippen LogP) is 2.35. The van der Waals surface area contributed by atoms with Gasteiger partial charge in [-0.2, -0.15) is 0 Å². The molecule has 0 atom stereocenters.